The van der Waals surface area contributed by atoms with Crippen LogP contribution < -0.4 is 0 Å². The molecule has 0 N–H and O–H groups in total. The van der Waals surface area contributed by atoms with Gasteiger partial charge in [0, 0.05) is 31.9 Å². The fraction of sp³-hybridized carbons (Fsp3) is 0. The first-order chi connectivity index (χ1) is 23.3. The van der Waals surface area contributed by atoms with Gasteiger partial charge in [-0.25, -0.2) is 0 Å². The maximum Gasteiger partial charge on any atom is 0.0716 e. The predicted molar refractivity (Wildman–Crippen MR) is 203 cm³/mol. The van der Waals surface area contributed by atoms with Crippen LogP contribution in [-0.4, -0.2) is 4.98 Å². The van der Waals surface area contributed by atoms with Crippen LogP contribution in [0, 0.1) is 0 Å². The Kier molecular flexibility index (Phi) is 5.81. The lowest BCUT2D eigenvalue weighted by molar-refractivity contribution is 1.37. The van der Waals surface area contributed by atoms with E-state index < -0.39 is 0 Å². The quantitative estimate of drug-likeness (QED) is 0.181. The Bertz CT molecular complexity index is 2860. The minimum atomic E-state index is 0.996. The van der Waals surface area contributed by atoms with E-state index in [-0.39, 0.29) is 0 Å². The summed E-state index contributed by atoms with van der Waals surface area (Å²) < 4.78 is 2.56. The zero-order chi connectivity index (χ0) is 30.9. The zero-order valence-corrected chi connectivity index (χ0v) is 26.3. The summed E-state index contributed by atoms with van der Waals surface area (Å²) in [6, 6.07) is 57.8. The van der Waals surface area contributed by atoms with Gasteiger partial charge >= 0.3 is 0 Å². The average molecular weight is 614 g/mol. The third-order valence-corrected chi connectivity index (χ3v) is 10.8. The smallest absolute Gasteiger partial charge is 0.0716 e. The van der Waals surface area contributed by atoms with Gasteiger partial charge in [0.15, 0.2) is 0 Å². The van der Waals surface area contributed by atoms with E-state index in [1.807, 2.05) is 11.3 Å². The summed E-state index contributed by atoms with van der Waals surface area (Å²) in [7, 11) is 0. The number of fused-ring (bicyclic) bond motifs is 7. The summed E-state index contributed by atoms with van der Waals surface area (Å²) in [6.45, 7) is 0. The number of pyridine rings is 1. The molecule has 0 aliphatic heterocycles. The van der Waals surface area contributed by atoms with Crippen molar-refractivity contribution in [2.45, 2.75) is 0 Å². The van der Waals surface area contributed by atoms with Crippen molar-refractivity contribution < 1.29 is 0 Å². The molecule has 0 bridgehead atoms. The Morgan fingerprint density at radius 1 is 0.340 bits per heavy atom. The molecule has 2 aromatic heterocycles. The highest BCUT2D eigenvalue weighted by Crippen LogP contribution is 2.46. The van der Waals surface area contributed by atoms with E-state index in [0.717, 1.165) is 11.3 Å². The summed E-state index contributed by atoms with van der Waals surface area (Å²) in [6.07, 6.45) is 2.05. The summed E-state index contributed by atoms with van der Waals surface area (Å²) in [4.78, 5) is 5.03. The fourth-order valence-corrected chi connectivity index (χ4v) is 8.54. The molecule has 47 heavy (non-hydrogen) atoms. The topological polar surface area (TPSA) is 12.9 Å². The third kappa shape index (κ3) is 4.19. The van der Waals surface area contributed by atoms with Crippen molar-refractivity contribution in [3.05, 3.63) is 164 Å². The van der Waals surface area contributed by atoms with Crippen LogP contribution in [0.1, 0.15) is 0 Å². The first-order valence-electron chi connectivity index (χ1n) is 16.0. The summed E-state index contributed by atoms with van der Waals surface area (Å²) in [5.74, 6) is 0. The van der Waals surface area contributed by atoms with E-state index in [1.165, 1.54) is 85.5 Å². The number of hydrogen-bond acceptors (Lipinski definition) is 2. The van der Waals surface area contributed by atoms with Gasteiger partial charge in [-0.05, 0) is 95.7 Å². The molecule has 0 aliphatic rings. The van der Waals surface area contributed by atoms with Crippen LogP contribution in [0.15, 0.2) is 164 Å². The van der Waals surface area contributed by atoms with Crippen molar-refractivity contribution in [2.24, 2.45) is 0 Å². The molecule has 0 spiro atoms. The van der Waals surface area contributed by atoms with Gasteiger partial charge in [-0.15, -0.1) is 11.3 Å². The lowest BCUT2D eigenvalue weighted by Crippen LogP contribution is -1.92. The first-order valence-corrected chi connectivity index (χ1v) is 16.8. The molecule has 1 nitrogen and oxygen atoms in total. The second-order valence-electron chi connectivity index (χ2n) is 12.3. The van der Waals surface area contributed by atoms with Gasteiger partial charge in [-0.1, -0.05) is 127 Å². The fourth-order valence-electron chi connectivity index (χ4n) is 7.43. The van der Waals surface area contributed by atoms with E-state index in [2.05, 4.69) is 164 Å². The maximum atomic E-state index is 5.03. The molecule has 0 radical (unpaired) electrons. The molecule has 218 valence electrons. The van der Waals surface area contributed by atoms with Crippen LogP contribution in [0.5, 0.6) is 0 Å². The van der Waals surface area contributed by atoms with Gasteiger partial charge in [0.2, 0.25) is 0 Å². The van der Waals surface area contributed by atoms with Crippen LogP contribution >= 0.6 is 11.3 Å². The highest BCUT2D eigenvalue weighted by Gasteiger charge is 2.19. The number of thiophene rings is 1. The first kappa shape index (κ1) is 26.4. The van der Waals surface area contributed by atoms with Crippen LogP contribution in [0.25, 0.3) is 96.8 Å². The highest BCUT2D eigenvalue weighted by atomic mass is 32.1. The molecule has 0 saturated heterocycles. The summed E-state index contributed by atoms with van der Waals surface area (Å²) in [5.41, 5.74) is 7.10. The minimum absolute atomic E-state index is 0.996. The molecule has 0 atom stereocenters. The largest absolute Gasteiger partial charge is 0.256 e. The van der Waals surface area contributed by atoms with E-state index in [9.17, 15) is 0 Å². The van der Waals surface area contributed by atoms with Gasteiger partial charge in [0.05, 0.1) is 5.69 Å². The second kappa shape index (κ2) is 10.3. The van der Waals surface area contributed by atoms with Crippen molar-refractivity contribution in [3.63, 3.8) is 0 Å². The van der Waals surface area contributed by atoms with Gasteiger partial charge in [-0.2, -0.15) is 0 Å². The monoisotopic (exact) mass is 613 g/mol. The molecule has 0 saturated carbocycles. The highest BCUT2D eigenvalue weighted by molar-refractivity contribution is 7.25. The molecule has 0 unspecified atom stereocenters. The van der Waals surface area contributed by atoms with Crippen LogP contribution in [0.4, 0.5) is 0 Å². The standard InChI is InChI=1S/C45H27NS/c1-3-11-30-23-33(19-17-28(30)9-1)44-36-14-5-6-15-37(36)45(34-20-18-29-10-2-4-12-31(29)24-34)39-25-32(21-22-38(39)44)41-26-43-40(27-46-41)35-13-7-8-16-42(35)47-43/h1-27H. The molecule has 10 rings (SSSR count). The SMILES string of the molecule is c1ccc2cc(-c3c4ccccc4c(-c4ccc5ccccc5c4)c4cc(-c5cc6sc7ccccc7c6cn5)ccc34)ccc2c1. The Labute approximate surface area is 276 Å². The van der Waals surface area contributed by atoms with Crippen LogP contribution in [0.2, 0.25) is 0 Å². The molecule has 0 fully saturated rings. The van der Waals surface area contributed by atoms with Gasteiger partial charge in [0.25, 0.3) is 0 Å². The van der Waals surface area contributed by atoms with E-state index in [1.54, 1.807) is 0 Å². The van der Waals surface area contributed by atoms with Crippen molar-refractivity contribution in [1.29, 1.82) is 0 Å². The molecule has 2 heteroatoms. The Balaban J connectivity index is 1.29. The van der Waals surface area contributed by atoms with E-state index in [0.29, 0.717) is 0 Å². The van der Waals surface area contributed by atoms with Crippen LogP contribution in [-0.2, 0) is 0 Å². The predicted octanol–water partition coefficient (Wildman–Crippen LogP) is 13.1. The molecule has 10 aromatic rings. The molecule has 0 aliphatic carbocycles. The number of benzene rings is 8. The van der Waals surface area contributed by atoms with Crippen molar-refractivity contribution >= 4 is 74.6 Å². The Morgan fingerprint density at radius 3 is 1.55 bits per heavy atom. The van der Waals surface area contributed by atoms with Crippen molar-refractivity contribution in [3.8, 4) is 33.5 Å². The molecule has 2 heterocycles. The summed E-state index contributed by atoms with van der Waals surface area (Å²) >= 11 is 1.84. The van der Waals surface area contributed by atoms with E-state index >= 15 is 0 Å². The van der Waals surface area contributed by atoms with Crippen molar-refractivity contribution in [2.75, 3.05) is 0 Å². The Morgan fingerprint density at radius 2 is 0.872 bits per heavy atom. The normalized spacial score (nSPS) is 11.8. The minimum Gasteiger partial charge on any atom is -0.256 e. The van der Waals surface area contributed by atoms with Crippen LogP contribution in [0.3, 0.4) is 0 Å². The number of rotatable bonds is 3. The summed E-state index contributed by atoms with van der Waals surface area (Å²) in [5, 5.41) is 12.5. The molecule has 0 amide bonds. The molecule has 8 aromatic carbocycles. The lowest BCUT2D eigenvalue weighted by Gasteiger charge is -2.19. The Hall–Kier alpha value is -5.83. The number of nitrogens with zero attached hydrogens (tertiary/aromatic N) is 1. The van der Waals surface area contributed by atoms with E-state index in [4.69, 9.17) is 4.98 Å². The van der Waals surface area contributed by atoms with Gasteiger partial charge < -0.3 is 0 Å². The zero-order valence-electron chi connectivity index (χ0n) is 25.4. The average Bonchev–Trinajstić information content (AvgIpc) is 3.51. The van der Waals surface area contributed by atoms with Crippen molar-refractivity contribution in [1.82, 2.24) is 4.98 Å². The van der Waals surface area contributed by atoms with Gasteiger partial charge in [-0.3, -0.25) is 4.98 Å². The van der Waals surface area contributed by atoms with Gasteiger partial charge in [0.1, 0.15) is 0 Å². The third-order valence-electron chi connectivity index (χ3n) is 9.66. The number of aromatic nitrogens is 1. The maximum absolute atomic E-state index is 5.03. The lowest BCUT2D eigenvalue weighted by atomic mass is 9.84. The number of hydrogen-bond donors (Lipinski definition) is 0. The second-order valence-corrected chi connectivity index (χ2v) is 13.4. The molecular formula is C45H27NS. The molecular weight excluding hydrogens is 587 g/mol.